The Morgan fingerprint density at radius 1 is 0.616 bits per heavy atom. The largest absolute Gasteiger partial charge is 0.479 e. The van der Waals surface area contributed by atoms with Crippen molar-refractivity contribution in [1.82, 2.24) is 35.1 Å². The third kappa shape index (κ3) is 16.2. The molecule has 23 nitrogen and oxygen atoms in total. The molecule has 0 spiro atoms. The van der Waals surface area contributed by atoms with Crippen LogP contribution in [0.4, 0.5) is 20.2 Å². The quantitative estimate of drug-likeness (QED) is 0.0530. The van der Waals surface area contributed by atoms with Gasteiger partial charge in [-0.2, -0.15) is 0 Å². The molecule has 4 saturated carbocycles. The molecule has 10 atom stereocenters. The molecule has 14 rings (SSSR count). The zero-order valence-corrected chi connectivity index (χ0v) is 58.2. The van der Waals surface area contributed by atoms with Gasteiger partial charge < -0.3 is 45.6 Å². The molecular weight excluding hydrogens is 1360 g/mol. The summed E-state index contributed by atoms with van der Waals surface area (Å²) in [6, 6.07) is 23.7. The van der Waals surface area contributed by atoms with Crippen molar-refractivity contribution in [3.8, 4) is 10.4 Å². The van der Waals surface area contributed by atoms with Gasteiger partial charge in [0.2, 0.25) is 43.7 Å². The summed E-state index contributed by atoms with van der Waals surface area (Å²) in [5.41, 5.74) is -0.347. The number of fused-ring (bicyclic) bond motifs is 6. The standard InChI is InChI=1S/C35H40FN5O6S2.C31H33FN4O5S.C4H9NO2S/c1-34(16-17-34)49(45,46)40-32(44)35-20-22(35)10-5-3-2-4-6-14-27(37-24-12-9-11-23(36)18-24)31(43)41-21-25(19-28(41)30(42)39-35)47-33-38-26-13-7-8-15-29(26)48-33;32-20-10-8-11-21(15-20)33-24-13-5-3-1-2-4-9-19-17-31(19,29(39)40)35-27(37)25-16-22(18-36(25)28(24)38)41-30-34-23-12-6-7-14-26(23)42-30;1-4(2-3-4)8(5,6)7/h5,7-13,15,18,22,25,27-28,37H,2-4,6,14,16-17,19-21H2,1H3,(H,39,42)(H,40,44);4,6-12,14-15,19,22,24-25,33H,1-3,5,13,16-18H2,(H,35,37)(H,39,40);2-3H2,1H3,(H2,5,6,7)/b10-5-;9-4-;/t22-,25-,27+,28+,35-;19-,22-,24+,25+,31-;/m11./s1. The molecule has 99 heavy (non-hydrogen) atoms. The average Bonchev–Trinajstić information content (AvgIpc) is 1.56. The number of carbonyl (C=O) groups excluding carboxylic acids is 5. The number of hydrogen-bond donors (Lipinski definition) is 7. The van der Waals surface area contributed by atoms with E-state index in [-0.39, 0.29) is 50.1 Å². The number of hydrogen-bond acceptors (Lipinski definition) is 18. The van der Waals surface area contributed by atoms with Crippen molar-refractivity contribution in [1.29, 1.82) is 0 Å². The van der Waals surface area contributed by atoms with Gasteiger partial charge in [-0.3, -0.25) is 28.7 Å². The fourth-order valence-electron chi connectivity index (χ4n) is 13.2. The van der Waals surface area contributed by atoms with E-state index in [9.17, 15) is 59.5 Å². The van der Waals surface area contributed by atoms with E-state index >= 15 is 0 Å². The zero-order chi connectivity index (χ0) is 70.1. The van der Waals surface area contributed by atoms with Crippen LogP contribution >= 0.6 is 22.7 Å². The molecule has 0 unspecified atom stereocenters. The van der Waals surface area contributed by atoms with E-state index in [0.29, 0.717) is 53.9 Å². The van der Waals surface area contributed by atoms with E-state index in [1.807, 2.05) is 72.8 Å². The molecule has 8 N–H and O–H groups in total. The summed E-state index contributed by atoms with van der Waals surface area (Å²) < 4.78 is 90.3. The number of nitrogens with one attached hydrogen (secondary N) is 5. The molecule has 8 aliphatic rings. The van der Waals surface area contributed by atoms with Gasteiger partial charge >= 0.3 is 5.97 Å². The first kappa shape index (κ1) is 70.7. The molecule has 6 aromatic rings. The van der Waals surface area contributed by atoms with Crippen LogP contribution in [0.5, 0.6) is 10.4 Å². The molecule has 5 amide bonds. The van der Waals surface area contributed by atoms with Crippen molar-refractivity contribution in [3.05, 3.63) is 133 Å². The van der Waals surface area contributed by atoms with Crippen molar-refractivity contribution < 1.29 is 69.0 Å². The van der Waals surface area contributed by atoms with Crippen LogP contribution in [-0.2, 0) is 48.8 Å². The summed E-state index contributed by atoms with van der Waals surface area (Å²) >= 11 is 2.76. The van der Waals surface area contributed by atoms with Crippen molar-refractivity contribution >= 4 is 110 Å². The number of nitrogens with two attached hydrogens (primary N) is 1. The van der Waals surface area contributed by atoms with E-state index < -0.39 is 118 Å². The lowest BCUT2D eigenvalue weighted by molar-refractivity contribution is -0.145. The maximum atomic E-state index is 14.4. The number of carbonyl (C=O) groups is 6. The Balaban J connectivity index is 0.000000170. The minimum Gasteiger partial charge on any atom is -0.479 e. The van der Waals surface area contributed by atoms with E-state index in [0.717, 1.165) is 84.6 Å². The number of anilines is 2. The van der Waals surface area contributed by atoms with Crippen LogP contribution in [0.2, 0.25) is 0 Å². The molecular formula is C70H82F2N10O13S4. The highest BCUT2D eigenvalue weighted by molar-refractivity contribution is 7.91. The first-order chi connectivity index (χ1) is 47.2. The number of para-hydroxylation sites is 2. The molecule has 528 valence electrons. The van der Waals surface area contributed by atoms with Crippen LogP contribution in [0.25, 0.3) is 20.4 Å². The van der Waals surface area contributed by atoms with Gasteiger partial charge in [0.05, 0.1) is 43.0 Å². The van der Waals surface area contributed by atoms with E-state index in [2.05, 4.69) is 36.0 Å². The monoisotopic (exact) mass is 1440 g/mol. The Morgan fingerprint density at radius 3 is 1.48 bits per heavy atom. The average molecular weight is 1440 g/mol. The van der Waals surface area contributed by atoms with Gasteiger partial charge in [-0.25, -0.2) is 45.5 Å². The second kappa shape index (κ2) is 28.8. The van der Waals surface area contributed by atoms with Gasteiger partial charge in [-0.1, -0.05) is 109 Å². The number of nitrogens with zero attached hydrogens (tertiary/aromatic N) is 4. The van der Waals surface area contributed by atoms with Crippen LogP contribution in [0.1, 0.15) is 129 Å². The van der Waals surface area contributed by atoms with Crippen LogP contribution < -0.4 is 40.6 Å². The molecule has 6 heterocycles. The number of halogens is 2. The number of sulfonamides is 2. The summed E-state index contributed by atoms with van der Waals surface area (Å²) in [6.45, 7) is 3.49. The Hall–Kier alpha value is -8.12. The Morgan fingerprint density at radius 2 is 1.06 bits per heavy atom. The van der Waals surface area contributed by atoms with Gasteiger partial charge in [-0.05, 0) is 152 Å². The van der Waals surface area contributed by atoms with E-state index in [4.69, 9.17) is 14.6 Å². The first-order valence-corrected chi connectivity index (χ1v) is 38.4. The molecule has 4 aromatic carbocycles. The molecule has 4 aliphatic heterocycles. The van der Waals surface area contributed by atoms with Gasteiger partial charge in [0.15, 0.2) is 0 Å². The fraction of sp³-hybridized carbons (Fsp3) is 0.486. The normalized spacial score (nSPS) is 28.7. The van der Waals surface area contributed by atoms with Crippen LogP contribution in [0.15, 0.2) is 121 Å². The topological polar surface area (TPSA) is 328 Å². The fourth-order valence-corrected chi connectivity index (χ4v) is 16.9. The van der Waals surface area contributed by atoms with Crippen molar-refractivity contribution in [2.45, 2.75) is 186 Å². The molecule has 0 radical (unpaired) electrons. The number of aliphatic carboxylic acids is 1. The minimum absolute atomic E-state index is 0.0867. The minimum atomic E-state index is -3.95. The van der Waals surface area contributed by atoms with Crippen LogP contribution in [0.3, 0.4) is 0 Å². The highest BCUT2D eigenvalue weighted by atomic mass is 32.2. The maximum Gasteiger partial charge on any atom is 0.330 e. The SMILES string of the molecule is CC1(S(=O)(=O)NC(=O)[C@@]23C[C@H]2/C=C\CCCCC[C@H](Nc2cccc(F)c2)C(=O)N2C[C@H](Oc4nc5ccccc5s4)C[C@H]2C(=O)N3)CC1.CC1(S(N)(=O)=O)CC1.O=C1N[C@]2(C(=O)O)C[C@H]2/C=C\CCCCC[C@H](Nc2cccc(F)c2)C(=O)N2C[C@H](Oc3nc4ccccc4s3)C[C@@H]12. The molecule has 29 heteroatoms. The Kier molecular flexibility index (Phi) is 20.6. The number of amides is 5. The van der Waals surface area contributed by atoms with Gasteiger partial charge in [0, 0.05) is 36.1 Å². The number of primary sulfonamides is 1. The number of carboxylic acids is 1. The molecule has 0 bridgehead atoms. The van der Waals surface area contributed by atoms with Crippen LogP contribution in [0, 0.1) is 23.5 Å². The number of thiazole rings is 2. The lowest BCUT2D eigenvalue weighted by atomic mass is 10.0. The number of aromatic nitrogens is 2. The second-order valence-corrected chi connectivity index (χ2v) is 33.9. The van der Waals surface area contributed by atoms with Crippen molar-refractivity contribution in [3.63, 3.8) is 0 Å². The predicted octanol–water partition coefficient (Wildman–Crippen LogP) is 9.23. The zero-order valence-electron chi connectivity index (χ0n) is 54.9. The lowest BCUT2D eigenvalue weighted by Crippen LogP contribution is -2.58. The number of benzene rings is 4. The predicted molar refractivity (Wildman–Crippen MR) is 371 cm³/mol. The van der Waals surface area contributed by atoms with Crippen molar-refractivity contribution in [2.24, 2.45) is 17.0 Å². The molecule has 2 aromatic heterocycles. The third-order valence-corrected chi connectivity index (χ3v) is 25.9. The first-order valence-electron chi connectivity index (χ1n) is 33.7. The number of allylic oxidation sites excluding steroid dienone is 2. The van der Waals surface area contributed by atoms with E-state index in [1.54, 1.807) is 38.1 Å². The summed E-state index contributed by atoms with van der Waals surface area (Å²) in [5.74, 6) is -5.14. The van der Waals surface area contributed by atoms with E-state index in [1.165, 1.54) is 56.7 Å². The number of rotatable bonds is 13. The van der Waals surface area contributed by atoms with Gasteiger partial charge in [0.25, 0.3) is 16.3 Å². The maximum absolute atomic E-state index is 14.4. The molecule has 2 saturated heterocycles. The van der Waals surface area contributed by atoms with Gasteiger partial charge in [-0.15, -0.1) is 0 Å². The summed E-state index contributed by atoms with van der Waals surface area (Å²) in [7, 11) is -7.18. The van der Waals surface area contributed by atoms with Crippen LogP contribution in [-0.4, -0.2) is 147 Å². The number of carboxylic acid groups (broad SMARTS) is 1. The summed E-state index contributed by atoms with van der Waals surface area (Å²) in [4.78, 5) is 94.6. The van der Waals surface area contributed by atoms with Gasteiger partial charge in [0.1, 0.15) is 59.1 Å². The second-order valence-electron chi connectivity index (χ2n) is 27.6. The highest BCUT2D eigenvalue weighted by Gasteiger charge is 2.64. The lowest BCUT2D eigenvalue weighted by Gasteiger charge is -2.30. The summed E-state index contributed by atoms with van der Waals surface area (Å²) in [5, 5.41) is 27.8. The van der Waals surface area contributed by atoms with Crippen molar-refractivity contribution in [2.75, 3.05) is 23.7 Å². The number of ether oxygens (including phenoxy) is 2. The highest BCUT2D eigenvalue weighted by Crippen LogP contribution is 2.49. The Bertz CT molecular complexity index is 4290. The smallest absolute Gasteiger partial charge is 0.330 e. The molecule has 6 fully saturated rings. The molecule has 4 aliphatic carbocycles. The Labute approximate surface area is 581 Å². The summed E-state index contributed by atoms with van der Waals surface area (Å²) in [6.07, 6.45) is 17.2. The third-order valence-electron chi connectivity index (χ3n) is 20.2.